The van der Waals surface area contributed by atoms with Gasteiger partial charge in [-0.3, -0.25) is 4.79 Å². The first-order chi connectivity index (χ1) is 11.7. The standard InChI is InChI=1S/C20H22N2OS/c21-18-13-22(12-17(18)14-6-2-1-3-7-14)20(23)16-10-11-24-19-9-5-4-8-15(16)19/h1-9,16-18H,10-13,21H2/t16?,17-,18+/m0/s1. The highest BCUT2D eigenvalue weighted by molar-refractivity contribution is 7.99. The van der Waals surface area contributed by atoms with Crippen LogP contribution in [0.4, 0.5) is 0 Å². The quantitative estimate of drug-likeness (QED) is 0.914. The fourth-order valence-corrected chi connectivity index (χ4v) is 5.01. The number of nitrogens with zero attached hydrogens (tertiary/aromatic N) is 1. The molecule has 1 unspecified atom stereocenters. The second-order valence-electron chi connectivity index (χ2n) is 6.65. The van der Waals surface area contributed by atoms with Crippen LogP contribution in [0.5, 0.6) is 0 Å². The Kier molecular flexibility index (Phi) is 4.33. The van der Waals surface area contributed by atoms with Gasteiger partial charge in [-0.2, -0.15) is 0 Å². The van der Waals surface area contributed by atoms with Crippen molar-refractivity contribution in [3.63, 3.8) is 0 Å². The SMILES string of the molecule is N[C@@H]1CN(C(=O)C2CCSc3ccccc32)C[C@H]1c1ccccc1. The van der Waals surface area contributed by atoms with Crippen molar-refractivity contribution in [3.05, 3.63) is 65.7 Å². The monoisotopic (exact) mass is 338 g/mol. The van der Waals surface area contributed by atoms with Gasteiger partial charge in [0.15, 0.2) is 0 Å². The van der Waals surface area contributed by atoms with Crippen molar-refractivity contribution in [2.24, 2.45) is 5.73 Å². The smallest absolute Gasteiger partial charge is 0.230 e. The third-order valence-corrected chi connectivity index (χ3v) is 6.28. The summed E-state index contributed by atoms with van der Waals surface area (Å²) in [5.41, 5.74) is 8.79. The third-order valence-electron chi connectivity index (χ3n) is 5.16. The van der Waals surface area contributed by atoms with Gasteiger partial charge in [0, 0.05) is 29.9 Å². The van der Waals surface area contributed by atoms with Gasteiger partial charge in [0.1, 0.15) is 0 Å². The van der Waals surface area contributed by atoms with E-state index in [1.807, 2.05) is 40.9 Å². The number of carbonyl (C=O) groups is 1. The molecule has 2 heterocycles. The molecule has 2 aromatic carbocycles. The van der Waals surface area contributed by atoms with Gasteiger partial charge in [0.05, 0.1) is 5.92 Å². The summed E-state index contributed by atoms with van der Waals surface area (Å²) in [7, 11) is 0. The number of likely N-dealkylation sites (tertiary alicyclic amines) is 1. The maximum atomic E-state index is 13.1. The molecule has 2 N–H and O–H groups in total. The van der Waals surface area contributed by atoms with Crippen LogP contribution in [0.1, 0.15) is 29.4 Å². The number of hydrogen-bond acceptors (Lipinski definition) is 3. The molecule has 2 aromatic rings. The Balaban J connectivity index is 1.54. The van der Waals surface area contributed by atoms with E-state index in [2.05, 4.69) is 30.3 Å². The molecule has 0 aromatic heterocycles. The largest absolute Gasteiger partial charge is 0.340 e. The predicted octanol–water partition coefficient (Wildman–Crippen LogP) is 3.22. The molecule has 4 rings (SSSR count). The van der Waals surface area contributed by atoms with Crippen LogP contribution in [-0.2, 0) is 4.79 Å². The van der Waals surface area contributed by atoms with Gasteiger partial charge in [-0.1, -0.05) is 48.5 Å². The number of benzene rings is 2. The van der Waals surface area contributed by atoms with E-state index < -0.39 is 0 Å². The van der Waals surface area contributed by atoms with Crippen LogP contribution in [0.25, 0.3) is 0 Å². The summed E-state index contributed by atoms with van der Waals surface area (Å²) in [5.74, 6) is 1.49. The number of amides is 1. The van der Waals surface area contributed by atoms with E-state index in [-0.39, 0.29) is 23.8 Å². The van der Waals surface area contributed by atoms with Crippen LogP contribution in [0.3, 0.4) is 0 Å². The van der Waals surface area contributed by atoms with Gasteiger partial charge < -0.3 is 10.6 Å². The van der Waals surface area contributed by atoms with Crippen molar-refractivity contribution in [2.75, 3.05) is 18.8 Å². The number of thioether (sulfide) groups is 1. The zero-order valence-electron chi connectivity index (χ0n) is 13.6. The number of rotatable bonds is 2. The van der Waals surface area contributed by atoms with Gasteiger partial charge in [0.25, 0.3) is 0 Å². The van der Waals surface area contributed by atoms with E-state index in [0.29, 0.717) is 6.54 Å². The Hall–Kier alpha value is -1.78. The molecule has 2 aliphatic heterocycles. The third kappa shape index (κ3) is 2.85. The number of nitrogens with two attached hydrogens (primary N) is 1. The van der Waals surface area contributed by atoms with Crippen LogP contribution in [0.15, 0.2) is 59.5 Å². The number of hydrogen-bond donors (Lipinski definition) is 1. The molecule has 1 fully saturated rings. The molecule has 2 aliphatic rings. The zero-order valence-corrected chi connectivity index (χ0v) is 14.4. The maximum Gasteiger partial charge on any atom is 0.230 e. The molecule has 1 amide bonds. The molecule has 0 radical (unpaired) electrons. The first kappa shape index (κ1) is 15.7. The first-order valence-corrected chi connectivity index (χ1v) is 9.53. The van der Waals surface area contributed by atoms with E-state index in [1.54, 1.807) is 0 Å². The Morgan fingerprint density at radius 1 is 1.04 bits per heavy atom. The summed E-state index contributed by atoms with van der Waals surface area (Å²) in [6.45, 7) is 1.39. The fourth-order valence-electron chi connectivity index (χ4n) is 3.88. The summed E-state index contributed by atoms with van der Waals surface area (Å²) in [4.78, 5) is 16.4. The normalized spacial score (nSPS) is 26.2. The minimum absolute atomic E-state index is 0.0100. The average molecular weight is 338 g/mol. The Bertz CT molecular complexity index is 733. The topological polar surface area (TPSA) is 46.3 Å². The van der Waals surface area contributed by atoms with Crippen LogP contribution in [-0.4, -0.2) is 35.7 Å². The average Bonchev–Trinajstić information content (AvgIpc) is 3.03. The number of fused-ring (bicyclic) bond motifs is 1. The maximum absolute atomic E-state index is 13.1. The summed E-state index contributed by atoms with van der Waals surface area (Å²) in [6, 6.07) is 18.7. The van der Waals surface area contributed by atoms with E-state index in [4.69, 9.17) is 5.73 Å². The summed E-state index contributed by atoms with van der Waals surface area (Å²) < 4.78 is 0. The van der Waals surface area contributed by atoms with Crippen molar-refractivity contribution in [3.8, 4) is 0 Å². The zero-order chi connectivity index (χ0) is 16.5. The van der Waals surface area contributed by atoms with E-state index >= 15 is 0 Å². The summed E-state index contributed by atoms with van der Waals surface area (Å²) in [5, 5.41) is 0. The predicted molar refractivity (Wildman–Crippen MR) is 98.3 cm³/mol. The van der Waals surface area contributed by atoms with Crippen LogP contribution in [0, 0.1) is 0 Å². The van der Waals surface area contributed by atoms with E-state index in [1.165, 1.54) is 16.0 Å². The molecule has 3 nitrogen and oxygen atoms in total. The molecule has 24 heavy (non-hydrogen) atoms. The lowest BCUT2D eigenvalue weighted by atomic mass is 9.94. The first-order valence-electron chi connectivity index (χ1n) is 8.55. The van der Waals surface area contributed by atoms with Gasteiger partial charge in [-0.05, 0) is 29.4 Å². The molecular weight excluding hydrogens is 316 g/mol. The molecule has 0 bridgehead atoms. The van der Waals surface area contributed by atoms with Crippen LogP contribution in [0.2, 0.25) is 0 Å². The van der Waals surface area contributed by atoms with Crippen molar-refractivity contribution in [1.82, 2.24) is 4.90 Å². The Labute approximate surface area is 147 Å². The minimum Gasteiger partial charge on any atom is -0.340 e. The molecule has 1 saturated heterocycles. The lowest BCUT2D eigenvalue weighted by molar-refractivity contribution is -0.132. The molecule has 4 heteroatoms. The fraction of sp³-hybridized carbons (Fsp3) is 0.350. The van der Waals surface area contributed by atoms with Gasteiger partial charge in [-0.25, -0.2) is 0 Å². The van der Waals surface area contributed by atoms with Crippen molar-refractivity contribution in [2.45, 2.75) is 29.2 Å². The highest BCUT2D eigenvalue weighted by Gasteiger charge is 2.38. The molecular formula is C20H22N2OS. The van der Waals surface area contributed by atoms with Crippen LogP contribution < -0.4 is 5.73 Å². The second-order valence-corrected chi connectivity index (χ2v) is 7.79. The molecule has 3 atom stereocenters. The minimum atomic E-state index is -0.0100. The van der Waals surface area contributed by atoms with E-state index in [9.17, 15) is 4.79 Å². The summed E-state index contributed by atoms with van der Waals surface area (Å²) >= 11 is 1.85. The lowest BCUT2D eigenvalue weighted by Crippen LogP contribution is -2.36. The Morgan fingerprint density at radius 3 is 2.62 bits per heavy atom. The second kappa shape index (κ2) is 6.61. The van der Waals surface area contributed by atoms with Crippen molar-refractivity contribution >= 4 is 17.7 Å². The molecule has 0 aliphatic carbocycles. The molecule has 0 saturated carbocycles. The van der Waals surface area contributed by atoms with Crippen molar-refractivity contribution < 1.29 is 4.79 Å². The Morgan fingerprint density at radius 2 is 1.79 bits per heavy atom. The molecule has 0 spiro atoms. The summed E-state index contributed by atoms with van der Waals surface area (Å²) in [6.07, 6.45) is 0.919. The van der Waals surface area contributed by atoms with Gasteiger partial charge in [0.2, 0.25) is 5.91 Å². The lowest BCUT2D eigenvalue weighted by Gasteiger charge is -2.28. The van der Waals surface area contributed by atoms with Crippen molar-refractivity contribution in [1.29, 1.82) is 0 Å². The van der Waals surface area contributed by atoms with E-state index in [0.717, 1.165) is 18.7 Å². The number of carbonyl (C=O) groups excluding carboxylic acids is 1. The highest BCUT2D eigenvalue weighted by Crippen LogP contribution is 2.39. The van der Waals surface area contributed by atoms with Crippen LogP contribution >= 0.6 is 11.8 Å². The molecule has 124 valence electrons. The van der Waals surface area contributed by atoms with Gasteiger partial charge in [-0.15, -0.1) is 11.8 Å². The highest BCUT2D eigenvalue weighted by atomic mass is 32.2. The van der Waals surface area contributed by atoms with Gasteiger partial charge >= 0.3 is 0 Å².